The molecule has 108 valence electrons. The van der Waals surface area contributed by atoms with Crippen LogP contribution in [0.1, 0.15) is 38.7 Å². The molecule has 0 unspecified atom stereocenters. The van der Waals surface area contributed by atoms with Crippen molar-refractivity contribution < 1.29 is 9.72 Å². The predicted molar refractivity (Wildman–Crippen MR) is 76.4 cm³/mol. The van der Waals surface area contributed by atoms with Gasteiger partial charge in [-0.3, -0.25) is 14.9 Å². The van der Waals surface area contributed by atoms with Gasteiger partial charge >= 0.3 is 0 Å². The average molecular weight is 276 g/mol. The number of likely N-dealkylation sites (tertiary alicyclic amines) is 1. The summed E-state index contributed by atoms with van der Waals surface area (Å²) >= 11 is 0. The van der Waals surface area contributed by atoms with Crippen LogP contribution in [0.25, 0.3) is 0 Å². The van der Waals surface area contributed by atoms with Crippen molar-refractivity contribution in [3.8, 4) is 0 Å². The maximum Gasteiger partial charge on any atom is 0.269 e. The third kappa shape index (κ3) is 3.15. The lowest BCUT2D eigenvalue weighted by Crippen LogP contribution is -2.48. The molecule has 5 nitrogen and oxygen atoms in total. The van der Waals surface area contributed by atoms with Crippen molar-refractivity contribution in [2.24, 2.45) is 0 Å². The standard InChI is InChI=1S/C15H20N2O3/c1-11-4-3-5-12(2)16(11)15(18)10-13-6-8-14(9-7-13)17(19)20/h6-9,11-12H,3-5,10H2,1-2H3/t11-,12-/m1/s1. The number of rotatable bonds is 3. The number of amides is 1. The molecular weight excluding hydrogens is 256 g/mol. The minimum absolute atomic E-state index is 0.0564. The van der Waals surface area contributed by atoms with Crippen molar-refractivity contribution in [3.63, 3.8) is 0 Å². The average Bonchev–Trinajstić information content (AvgIpc) is 2.39. The normalized spacial score (nSPS) is 22.6. The van der Waals surface area contributed by atoms with Gasteiger partial charge in [-0.05, 0) is 38.7 Å². The minimum Gasteiger partial charge on any atom is -0.337 e. The molecular formula is C15H20N2O3. The number of carbonyl (C=O) groups excluding carboxylic acids is 1. The fourth-order valence-electron chi connectivity index (χ4n) is 2.91. The van der Waals surface area contributed by atoms with Crippen molar-refractivity contribution >= 4 is 11.6 Å². The van der Waals surface area contributed by atoms with E-state index in [-0.39, 0.29) is 23.7 Å². The van der Waals surface area contributed by atoms with Gasteiger partial charge in [0.1, 0.15) is 0 Å². The maximum absolute atomic E-state index is 12.4. The molecule has 0 radical (unpaired) electrons. The summed E-state index contributed by atoms with van der Waals surface area (Å²) in [4.78, 5) is 24.5. The molecule has 0 saturated carbocycles. The second-order valence-electron chi connectivity index (χ2n) is 5.53. The number of hydrogen-bond donors (Lipinski definition) is 0. The summed E-state index contributed by atoms with van der Waals surface area (Å²) in [6, 6.07) is 6.79. The van der Waals surface area contributed by atoms with Crippen molar-refractivity contribution in [2.45, 2.75) is 51.6 Å². The molecule has 0 bridgehead atoms. The van der Waals surface area contributed by atoms with E-state index >= 15 is 0 Å². The van der Waals surface area contributed by atoms with Crippen LogP contribution in [0, 0.1) is 10.1 Å². The summed E-state index contributed by atoms with van der Waals surface area (Å²) in [7, 11) is 0. The van der Waals surface area contributed by atoms with Crippen LogP contribution in [0.2, 0.25) is 0 Å². The Morgan fingerprint density at radius 3 is 2.30 bits per heavy atom. The van der Waals surface area contributed by atoms with E-state index in [9.17, 15) is 14.9 Å². The highest BCUT2D eigenvalue weighted by Gasteiger charge is 2.28. The molecule has 0 aromatic heterocycles. The maximum atomic E-state index is 12.4. The van der Waals surface area contributed by atoms with Gasteiger partial charge in [0, 0.05) is 24.2 Å². The van der Waals surface area contributed by atoms with E-state index in [0.717, 1.165) is 18.4 Å². The van der Waals surface area contributed by atoms with E-state index < -0.39 is 4.92 Å². The highest BCUT2D eigenvalue weighted by Crippen LogP contribution is 2.23. The van der Waals surface area contributed by atoms with Crippen LogP contribution in [0.3, 0.4) is 0 Å². The van der Waals surface area contributed by atoms with Gasteiger partial charge in [-0.1, -0.05) is 12.1 Å². The summed E-state index contributed by atoms with van der Waals surface area (Å²) in [5.74, 6) is 0.110. The molecule has 0 aliphatic carbocycles. The predicted octanol–water partition coefficient (Wildman–Crippen LogP) is 2.93. The summed E-state index contributed by atoms with van der Waals surface area (Å²) in [5.41, 5.74) is 0.881. The SMILES string of the molecule is C[C@@H]1CCC[C@@H](C)N1C(=O)Cc1ccc([N+](=O)[O-])cc1. The zero-order valence-electron chi connectivity index (χ0n) is 11.9. The van der Waals surface area contributed by atoms with Crippen molar-refractivity contribution in [1.29, 1.82) is 0 Å². The fraction of sp³-hybridized carbons (Fsp3) is 0.533. The lowest BCUT2D eigenvalue weighted by Gasteiger charge is -2.39. The Morgan fingerprint density at radius 1 is 1.25 bits per heavy atom. The van der Waals surface area contributed by atoms with Crippen molar-refractivity contribution in [3.05, 3.63) is 39.9 Å². The van der Waals surface area contributed by atoms with E-state index in [2.05, 4.69) is 13.8 Å². The summed E-state index contributed by atoms with van der Waals surface area (Å²) in [6.07, 6.45) is 3.59. The van der Waals surface area contributed by atoms with Gasteiger partial charge in [0.25, 0.3) is 5.69 Å². The molecule has 2 rings (SSSR count). The fourth-order valence-corrected chi connectivity index (χ4v) is 2.91. The number of benzene rings is 1. The molecule has 1 heterocycles. The second kappa shape index (κ2) is 6.03. The van der Waals surface area contributed by atoms with Crippen molar-refractivity contribution in [1.82, 2.24) is 4.90 Å². The molecule has 0 spiro atoms. The Bertz CT molecular complexity index is 488. The molecule has 1 aliphatic rings. The highest BCUT2D eigenvalue weighted by atomic mass is 16.6. The first kappa shape index (κ1) is 14.5. The van der Waals surface area contributed by atoms with E-state index in [0.29, 0.717) is 6.42 Å². The lowest BCUT2D eigenvalue weighted by molar-refractivity contribution is -0.384. The Morgan fingerprint density at radius 2 is 1.80 bits per heavy atom. The van der Waals surface area contributed by atoms with Crippen LogP contribution in [0.15, 0.2) is 24.3 Å². The Hall–Kier alpha value is -1.91. The molecule has 1 fully saturated rings. The molecule has 1 aromatic carbocycles. The van der Waals surface area contributed by atoms with Crippen molar-refractivity contribution in [2.75, 3.05) is 0 Å². The third-order valence-corrected chi connectivity index (χ3v) is 3.98. The van der Waals surface area contributed by atoms with Gasteiger partial charge in [-0.15, -0.1) is 0 Å². The van der Waals surface area contributed by atoms with Gasteiger partial charge in [-0.2, -0.15) is 0 Å². The number of nitro groups is 1. The first-order chi connectivity index (χ1) is 9.49. The number of nitrogens with zero attached hydrogens (tertiary/aromatic N) is 2. The number of nitro benzene ring substituents is 1. The van der Waals surface area contributed by atoms with Crippen LogP contribution >= 0.6 is 0 Å². The molecule has 1 aliphatic heterocycles. The van der Waals surface area contributed by atoms with Gasteiger partial charge < -0.3 is 4.90 Å². The van der Waals surface area contributed by atoms with E-state index in [1.54, 1.807) is 12.1 Å². The monoisotopic (exact) mass is 276 g/mol. The van der Waals surface area contributed by atoms with Crippen LogP contribution in [0.4, 0.5) is 5.69 Å². The van der Waals surface area contributed by atoms with Gasteiger partial charge in [0.15, 0.2) is 0 Å². The number of piperidine rings is 1. The van der Waals surface area contributed by atoms with Crippen LogP contribution in [0.5, 0.6) is 0 Å². The zero-order chi connectivity index (χ0) is 14.7. The highest BCUT2D eigenvalue weighted by molar-refractivity contribution is 5.79. The van der Waals surface area contributed by atoms with Gasteiger partial charge in [0.2, 0.25) is 5.91 Å². The van der Waals surface area contributed by atoms with E-state index in [1.807, 2.05) is 4.90 Å². The molecule has 5 heteroatoms. The first-order valence-electron chi connectivity index (χ1n) is 7.03. The summed E-state index contributed by atoms with van der Waals surface area (Å²) in [5, 5.41) is 10.6. The molecule has 1 aromatic rings. The number of non-ortho nitro benzene ring substituents is 1. The number of carbonyl (C=O) groups is 1. The van der Waals surface area contributed by atoms with E-state index in [1.165, 1.54) is 18.6 Å². The van der Waals surface area contributed by atoms with E-state index in [4.69, 9.17) is 0 Å². The topological polar surface area (TPSA) is 63.5 Å². The van der Waals surface area contributed by atoms with Crippen LogP contribution in [-0.4, -0.2) is 27.8 Å². The third-order valence-electron chi connectivity index (χ3n) is 3.98. The quantitative estimate of drug-likeness (QED) is 0.630. The molecule has 20 heavy (non-hydrogen) atoms. The summed E-state index contributed by atoms with van der Waals surface area (Å²) in [6.45, 7) is 4.17. The first-order valence-corrected chi connectivity index (χ1v) is 7.03. The minimum atomic E-state index is -0.430. The molecule has 0 N–H and O–H groups in total. The number of hydrogen-bond acceptors (Lipinski definition) is 3. The zero-order valence-corrected chi connectivity index (χ0v) is 11.9. The van der Waals surface area contributed by atoms with Gasteiger partial charge in [0.05, 0.1) is 11.3 Å². The van der Waals surface area contributed by atoms with Gasteiger partial charge in [-0.25, -0.2) is 0 Å². The van der Waals surface area contributed by atoms with Crippen LogP contribution in [-0.2, 0) is 11.2 Å². The molecule has 2 atom stereocenters. The molecule has 1 saturated heterocycles. The Kier molecular flexibility index (Phi) is 4.37. The smallest absolute Gasteiger partial charge is 0.269 e. The van der Waals surface area contributed by atoms with Crippen LogP contribution < -0.4 is 0 Å². The molecule has 1 amide bonds. The Balaban J connectivity index is 2.05. The largest absolute Gasteiger partial charge is 0.337 e. The Labute approximate surface area is 118 Å². The second-order valence-corrected chi connectivity index (χ2v) is 5.53. The summed E-state index contributed by atoms with van der Waals surface area (Å²) < 4.78 is 0. The lowest BCUT2D eigenvalue weighted by atomic mass is 9.96.